The third kappa shape index (κ3) is 6.71. The molecule has 30 heavy (non-hydrogen) atoms. The first kappa shape index (κ1) is 22.6. The number of nitrogens with zero attached hydrogens (tertiary/aromatic N) is 2. The summed E-state index contributed by atoms with van der Waals surface area (Å²) < 4.78 is 16.3. The first-order chi connectivity index (χ1) is 14.7. The van der Waals surface area contributed by atoms with Crippen LogP contribution in [0.4, 0.5) is 0 Å². The predicted molar refractivity (Wildman–Crippen MR) is 116 cm³/mol. The maximum absolute atomic E-state index is 11.7. The van der Waals surface area contributed by atoms with E-state index >= 15 is 0 Å². The van der Waals surface area contributed by atoms with Gasteiger partial charge in [0.2, 0.25) is 0 Å². The van der Waals surface area contributed by atoms with Gasteiger partial charge in [0, 0.05) is 32.8 Å². The molecule has 0 spiro atoms. The average molecular weight is 418 g/mol. The van der Waals surface area contributed by atoms with Crippen LogP contribution in [0.1, 0.15) is 43.7 Å². The lowest BCUT2D eigenvalue weighted by Crippen LogP contribution is -2.46. The number of rotatable bonds is 7. The standard InChI is InChI=1S/C23H35N3O4/c1-3-24-23(26-12-8-20(9-13-26)22(27)28-2)25-16-18-4-6-19(7-5-18)17-30-21-10-14-29-15-11-21/h4-7,20-21H,3,8-17H2,1-2H3,(H,24,25). The highest BCUT2D eigenvalue weighted by atomic mass is 16.5. The quantitative estimate of drug-likeness (QED) is 0.418. The van der Waals surface area contributed by atoms with E-state index in [9.17, 15) is 4.79 Å². The molecule has 0 aliphatic carbocycles. The van der Waals surface area contributed by atoms with Gasteiger partial charge in [-0.2, -0.15) is 0 Å². The van der Waals surface area contributed by atoms with E-state index in [4.69, 9.17) is 19.2 Å². The molecule has 2 aliphatic rings. The van der Waals surface area contributed by atoms with Gasteiger partial charge in [-0.25, -0.2) is 4.99 Å². The summed E-state index contributed by atoms with van der Waals surface area (Å²) in [5.74, 6) is 0.815. The molecule has 1 aromatic rings. The summed E-state index contributed by atoms with van der Waals surface area (Å²) >= 11 is 0. The van der Waals surface area contributed by atoms with Gasteiger partial charge in [0.25, 0.3) is 0 Å². The van der Waals surface area contributed by atoms with Gasteiger partial charge in [0.05, 0.1) is 32.3 Å². The third-order valence-electron chi connectivity index (χ3n) is 5.75. The topological polar surface area (TPSA) is 72.4 Å². The Hall–Kier alpha value is -2.12. The number of guanidine groups is 1. The number of nitrogens with one attached hydrogen (secondary N) is 1. The number of esters is 1. The lowest BCUT2D eigenvalue weighted by atomic mass is 9.97. The van der Waals surface area contributed by atoms with Crippen molar-refractivity contribution in [3.8, 4) is 0 Å². The number of methoxy groups -OCH3 is 1. The Labute approximate surface area is 179 Å². The van der Waals surface area contributed by atoms with Crippen molar-refractivity contribution in [1.82, 2.24) is 10.2 Å². The second-order valence-electron chi connectivity index (χ2n) is 7.89. The molecule has 0 unspecified atom stereocenters. The average Bonchev–Trinajstić information content (AvgIpc) is 2.81. The van der Waals surface area contributed by atoms with Crippen molar-refractivity contribution in [2.45, 2.75) is 51.9 Å². The number of hydrogen-bond acceptors (Lipinski definition) is 5. The number of aliphatic imine (C=N–C) groups is 1. The number of ether oxygens (including phenoxy) is 3. The van der Waals surface area contributed by atoms with Crippen molar-refractivity contribution < 1.29 is 19.0 Å². The highest BCUT2D eigenvalue weighted by molar-refractivity contribution is 5.80. The van der Waals surface area contributed by atoms with E-state index in [0.29, 0.717) is 19.3 Å². The van der Waals surface area contributed by atoms with Crippen LogP contribution in [0.2, 0.25) is 0 Å². The van der Waals surface area contributed by atoms with Gasteiger partial charge in [-0.3, -0.25) is 4.79 Å². The Balaban J connectivity index is 1.50. The van der Waals surface area contributed by atoms with Crippen LogP contribution in [0.3, 0.4) is 0 Å². The number of carbonyl (C=O) groups is 1. The molecule has 2 heterocycles. The molecule has 3 rings (SSSR count). The van der Waals surface area contributed by atoms with E-state index in [1.165, 1.54) is 18.2 Å². The van der Waals surface area contributed by atoms with E-state index in [1.54, 1.807) is 0 Å². The molecule has 1 N–H and O–H groups in total. The zero-order chi connectivity index (χ0) is 21.2. The minimum absolute atomic E-state index is 0.00465. The largest absolute Gasteiger partial charge is 0.469 e. The molecular weight excluding hydrogens is 382 g/mol. The van der Waals surface area contributed by atoms with Crippen molar-refractivity contribution in [3.05, 3.63) is 35.4 Å². The smallest absolute Gasteiger partial charge is 0.308 e. The van der Waals surface area contributed by atoms with Crippen molar-refractivity contribution in [2.75, 3.05) is 40.0 Å². The van der Waals surface area contributed by atoms with Crippen LogP contribution in [-0.2, 0) is 32.2 Å². The zero-order valence-electron chi connectivity index (χ0n) is 18.3. The van der Waals surface area contributed by atoms with Crippen LogP contribution >= 0.6 is 0 Å². The summed E-state index contributed by atoms with van der Waals surface area (Å²) in [5.41, 5.74) is 2.36. The van der Waals surface area contributed by atoms with E-state index in [2.05, 4.69) is 41.4 Å². The van der Waals surface area contributed by atoms with E-state index in [1.807, 2.05) is 0 Å². The van der Waals surface area contributed by atoms with Gasteiger partial charge in [-0.1, -0.05) is 24.3 Å². The number of benzene rings is 1. The van der Waals surface area contributed by atoms with Crippen LogP contribution in [0, 0.1) is 5.92 Å². The fourth-order valence-corrected chi connectivity index (χ4v) is 3.88. The van der Waals surface area contributed by atoms with E-state index in [-0.39, 0.29) is 11.9 Å². The fraction of sp³-hybridized carbons (Fsp3) is 0.652. The summed E-state index contributed by atoms with van der Waals surface area (Å²) in [5, 5.41) is 3.38. The number of piperidine rings is 1. The van der Waals surface area contributed by atoms with E-state index < -0.39 is 0 Å². The first-order valence-electron chi connectivity index (χ1n) is 11.1. The van der Waals surface area contributed by atoms with Gasteiger partial charge >= 0.3 is 5.97 Å². The Kier molecular flexibility index (Phi) is 8.96. The highest BCUT2D eigenvalue weighted by Gasteiger charge is 2.26. The summed E-state index contributed by atoms with van der Waals surface area (Å²) in [6.45, 7) is 7.39. The summed E-state index contributed by atoms with van der Waals surface area (Å²) in [6, 6.07) is 8.50. The Bertz CT molecular complexity index is 678. The monoisotopic (exact) mass is 417 g/mol. The highest BCUT2D eigenvalue weighted by Crippen LogP contribution is 2.19. The molecule has 166 valence electrons. The minimum Gasteiger partial charge on any atom is -0.469 e. The van der Waals surface area contributed by atoms with Crippen molar-refractivity contribution >= 4 is 11.9 Å². The summed E-state index contributed by atoms with van der Waals surface area (Å²) in [7, 11) is 1.46. The fourth-order valence-electron chi connectivity index (χ4n) is 3.88. The first-order valence-corrected chi connectivity index (χ1v) is 11.1. The number of likely N-dealkylation sites (tertiary alicyclic amines) is 1. The van der Waals surface area contributed by atoms with Crippen molar-refractivity contribution in [2.24, 2.45) is 10.9 Å². The molecule has 7 nitrogen and oxygen atoms in total. The molecule has 0 bridgehead atoms. The normalized spacial score (nSPS) is 19.0. The van der Waals surface area contributed by atoms with Gasteiger partial charge in [0.1, 0.15) is 0 Å². The lowest BCUT2D eigenvalue weighted by molar-refractivity contribution is -0.146. The SMILES string of the molecule is CCNC(=NCc1ccc(COC2CCOCC2)cc1)N1CCC(C(=O)OC)CC1. The van der Waals surface area contributed by atoms with Gasteiger partial charge in [-0.05, 0) is 43.7 Å². The van der Waals surface area contributed by atoms with Crippen molar-refractivity contribution in [3.63, 3.8) is 0 Å². The molecule has 0 amide bonds. The van der Waals surface area contributed by atoms with Crippen LogP contribution in [-0.4, -0.2) is 62.9 Å². The van der Waals surface area contributed by atoms with Crippen LogP contribution < -0.4 is 5.32 Å². The maximum Gasteiger partial charge on any atom is 0.308 e. The van der Waals surface area contributed by atoms with Crippen LogP contribution in [0.25, 0.3) is 0 Å². The molecule has 0 aromatic heterocycles. The van der Waals surface area contributed by atoms with Crippen molar-refractivity contribution in [1.29, 1.82) is 0 Å². The molecule has 1 aromatic carbocycles. The number of carbonyl (C=O) groups excluding carboxylic acids is 1. The molecule has 2 saturated heterocycles. The molecule has 0 saturated carbocycles. The summed E-state index contributed by atoms with van der Waals surface area (Å²) in [4.78, 5) is 18.8. The Morgan fingerprint density at radius 3 is 2.43 bits per heavy atom. The van der Waals surface area contributed by atoms with Gasteiger partial charge in [-0.15, -0.1) is 0 Å². The summed E-state index contributed by atoms with van der Waals surface area (Å²) in [6.07, 6.45) is 3.89. The molecule has 2 aliphatic heterocycles. The molecular formula is C23H35N3O4. The van der Waals surface area contributed by atoms with E-state index in [0.717, 1.165) is 64.5 Å². The Morgan fingerprint density at radius 1 is 1.13 bits per heavy atom. The number of hydrogen-bond donors (Lipinski definition) is 1. The van der Waals surface area contributed by atoms with Crippen LogP contribution in [0.5, 0.6) is 0 Å². The lowest BCUT2D eigenvalue weighted by Gasteiger charge is -2.33. The maximum atomic E-state index is 11.7. The second kappa shape index (κ2) is 11.9. The molecule has 0 atom stereocenters. The van der Waals surface area contributed by atoms with Crippen LogP contribution in [0.15, 0.2) is 29.3 Å². The minimum atomic E-state index is -0.0996. The predicted octanol–water partition coefficient (Wildman–Crippen LogP) is 2.73. The molecule has 7 heteroatoms. The second-order valence-corrected chi connectivity index (χ2v) is 7.89. The Morgan fingerprint density at radius 2 is 1.80 bits per heavy atom. The molecule has 0 radical (unpaired) electrons. The van der Waals surface area contributed by atoms with Gasteiger partial charge < -0.3 is 24.4 Å². The third-order valence-corrected chi connectivity index (χ3v) is 5.75. The zero-order valence-corrected chi connectivity index (χ0v) is 18.3. The molecule has 2 fully saturated rings. The van der Waals surface area contributed by atoms with Gasteiger partial charge in [0.15, 0.2) is 5.96 Å².